The molecule has 21 heavy (non-hydrogen) atoms. The molecule has 0 saturated carbocycles. The second kappa shape index (κ2) is 8.64. The Bertz CT molecular complexity index is 463. The Kier molecular flexibility index (Phi) is 7.19. The first kappa shape index (κ1) is 17.5. The number of aliphatic hydroxyl groups excluding tert-OH is 1. The quantitative estimate of drug-likeness (QED) is 0.680. The minimum absolute atomic E-state index is 0.0553. The summed E-state index contributed by atoms with van der Waals surface area (Å²) < 4.78 is 5.26. The summed E-state index contributed by atoms with van der Waals surface area (Å²) in [5, 5.41) is 16.2. The molecule has 5 nitrogen and oxygen atoms in total. The molecule has 0 aliphatic rings. The van der Waals surface area contributed by atoms with Gasteiger partial charge in [-0.2, -0.15) is 0 Å². The molecule has 0 bridgehead atoms. The van der Waals surface area contributed by atoms with E-state index in [1.165, 1.54) is 0 Å². The second-order valence-corrected chi connectivity index (χ2v) is 5.18. The van der Waals surface area contributed by atoms with E-state index in [1.807, 2.05) is 32.0 Å². The predicted octanol–water partition coefficient (Wildman–Crippen LogP) is 1.54. The van der Waals surface area contributed by atoms with Crippen LogP contribution in [0.1, 0.15) is 37.5 Å². The van der Waals surface area contributed by atoms with Gasteiger partial charge in [0.25, 0.3) is 0 Å². The highest BCUT2D eigenvalue weighted by Crippen LogP contribution is 2.25. The minimum Gasteiger partial charge on any atom is -0.496 e. The van der Waals surface area contributed by atoms with Gasteiger partial charge in [-0.3, -0.25) is 4.79 Å². The molecule has 0 saturated heterocycles. The molecule has 118 valence electrons. The van der Waals surface area contributed by atoms with Crippen LogP contribution in [0.25, 0.3) is 0 Å². The molecule has 0 aliphatic heterocycles. The molecule has 3 N–H and O–H groups in total. The van der Waals surface area contributed by atoms with Crippen molar-refractivity contribution in [2.45, 2.75) is 39.3 Å². The molecule has 0 heterocycles. The predicted molar refractivity (Wildman–Crippen MR) is 83.5 cm³/mol. The van der Waals surface area contributed by atoms with Crippen molar-refractivity contribution >= 4 is 5.91 Å². The fourth-order valence-electron chi connectivity index (χ4n) is 2.01. The van der Waals surface area contributed by atoms with Crippen molar-refractivity contribution in [1.82, 2.24) is 10.6 Å². The molecule has 1 aromatic rings. The van der Waals surface area contributed by atoms with E-state index in [0.717, 1.165) is 17.5 Å². The first-order chi connectivity index (χ1) is 9.99. The first-order valence-corrected chi connectivity index (χ1v) is 7.33. The van der Waals surface area contributed by atoms with Crippen molar-refractivity contribution in [1.29, 1.82) is 0 Å². The van der Waals surface area contributed by atoms with Crippen LogP contribution in [0.15, 0.2) is 18.2 Å². The minimum atomic E-state index is -0.721. The van der Waals surface area contributed by atoms with Gasteiger partial charge in [-0.05, 0) is 32.4 Å². The third-order valence-electron chi connectivity index (χ3n) is 3.30. The summed E-state index contributed by atoms with van der Waals surface area (Å²) in [6.07, 6.45) is 0.183. The molecule has 2 atom stereocenters. The number of benzene rings is 1. The number of rotatable bonds is 8. The zero-order valence-corrected chi connectivity index (χ0v) is 13.3. The highest BCUT2D eigenvalue weighted by Gasteiger charge is 2.17. The van der Waals surface area contributed by atoms with Crippen molar-refractivity contribution in [3.8, 4) is 5.75 Å². The maximum atomic E-state index is 11.7. The number of aryl methyl sites for hydroxylation is 1. The molecule has 0 spiro atoms. The number of carbonyl (C=O) groups is 1. The Morgan fingerprint density at radius 2 is 2.14 bits per heavy atom. The van der Waals surface area contributed by atoms with Gasteiger partial charge in [0, 0.05) is 18.7 Å². The van der Waals surface area contributed by atoms with Gasteiger partial charge in [0.1, 0.15) is 5.75 Å². The van der Waals surface area contributed by atoms with Gasteiger partial charge in [0.2, 0.25) is 5.91 Å². The number of methoxy groups -OCH3 is 1. The largest absolute Gasteiger partial charge is 0.496 e. The van der Waals surface area contributed by atoms with E-state index < -0.39 is 6.10 Å². The lowest BCUT2D eigenvalue weighted by molar-refractivity contribution is -0.122. The molecular weight excluding hydrogens is 268 g/mol. The van der Waals surface area contributed by atoms with Crippen LogP contribution in [-0.4, -0.2) is 37.3 Å². The highest BCUT2D eigenvalue weighted by molar-refractivity contribution is 5.81. The Morgan fingerprint density at radius 1 is 1.43 bits per heavy atom. The molecule has 1 amide bonds. The number of amides is 1. The molecule has 0 radical (unpaired) electrons. The molecule has 1 aromatic carbocycles. The molecule has 0 fully saturated rings. The van der Waals surface area contributed by atoms with Crippen molar-refractivity contribution in [2.75, 3.05) is 20.2 Å². The fourth-order valence-corrected chi connectivity index (χ4v) is 2.01. The zero-order chi connectivity index (χ0) is 15.8. The van der Waals surface area contributed by atoms with Crippen molar-refractivity contribution in [3.63, 3.8) is 0 Å². The molecule has 0 aromatic heterocycles. The third kappa shape index (κ3) is 5.36. The Balaban J connectivity index is 2.59. The van der Waals surface area contributed by atoms with Crippen LogP contribution in [0.3, 0.4) is 0 Å². The molecule has 2 unspecified atom stereocenters. The molecular formula is C16H26N2O3. The van der Waals surface area contributed by atoms with Crippen LogP contribution in [0.4, 0.5) is 0 Å². The molecule has 5 heteroatoms. The zero-order valence-electron chi connectivity index (χ0n) is 13.3. The van der Waals surface area contributed by atoms with Crippen molar-refractivity contribution < 1.29 is 14.6 Å². The lowest BCUT2D eigenvalue weighted by atomic mass is 10.0. The van der Waals surface area contributed by atoms with E-state index in [2.05, 4.69) is 10.6 Å². The standard InChI is InChI=1S/C16H26N2O3/c1-5-8-17-16(20)12(3)18-10-14(19)13-9-11(2)6-7-15(13)21-4/h6-7,9,12,14,18-19H,5,8,10H2,1-4H3,(H,17,20). The lowest BCUT2D eigenvalue weighted by Gasteiger charge is -2.19. The fraction of sp³-hybridized carbons (Fsp3) is 0.562. The molecule has 1 rings (SSSR count). The Labute approximate surface area is 126 Å². The van der Waals surface area contributed by atoms with Crippen LogP contribution >= 0.6 is 0 Å². The lowest BCUT2D eigenvalue weighted by Crippen LogP contribution is -2.43. The van der Waals surface area contributed by atoms with Gasteiger partial charge in [0.15, 0.2) is 0 Å². The summed E-state index contributed by atoms with van der Waals surface area (Å²) in [4.78, 5) is 11.7. The number of aliphatic hydroxyl groups is 1. The summed E-state index contributed by atoms with van der Waals surface area (Å²) in [5.41, 5.74) is 1.78. The van der Waals surface area contributed by atoms with Gasteiger partial charge < -0.3 is 20.5 Å². The van der Waals surface area contributed by atoms with Crippen molar-refractivity contribution in [2.24, 2.45) is 0 Å². The third-order valence-corrected chi connectivity index (χ3v) is 3.30. The monoisotopic (exact) mass is 294 g/mol. The maximum Gasteiger partial charge on any atom is 0.236 e. The summed E-state index contributed by atoms with van der Waals surface area (Å²) in [5.74, 6) is 0.596. The first-order valence-electron chi connectivity index (χ1n) is 7.33. The SMILES string of the molecule is CCCNC(=O)C(C)NCC(O)c1cc(C)ccc1OC. The van der Waals surface area contributed by atoms with Gasteiger partial charge in [-0.1, -0.05) is 18.6 Å². The number of nitrogens with one attached hydrogen (secondary N) is 2. The summed E-state index contributed by atoms with van der Waals surface area (Å²) in [6, 6.07) is 5.32. The summed E-state index contributed by atoms with van der Waals surface area (Å²) >= 11 is 0. The van der Waals surface area contributed by atoms with Gasteiger partial charge >= 0.3 is 0 Å². The van der Waals surface area contributed by atoms with Crippen LogP contribution in [0.5, 0.6) is 5.75 Å². The highest BCUT2D eigenvalue weighted by atomic mass is 16.5. The van der Waals surface area contributed by atoms with Crippen LogP contribution in [0.2, 0.25) is 0 Å². The van der Waals surface area contributed by atoms with E-state index in [4.69, 9.17) is 4.74 Å². The summed E-state index contributed by atoms with van der Waals surface area (Å²) in [7, 11) is 1.58. The van der Waals surface area contributed by atoms with E-state index in [-0.39, 0.29) is 11.9 Å². The Morgan fingerprint density at radius 3 is 2.76 bits per heavy atom. The van der Waals surface area contributed by atoms with Gasteiger partial charge in [0.05, 0.1) is 19.3 Å². The topological polar surface area (TPSA) is 70.6 Å². The number of hydrogen-bond donors (Lipinski definition) is 3. The van der Waals surface area contributed by atoms with Crippen molar-refractivity contribution in [3.05, 3.63) is 29.3 Å². The van der Waals surface area contributed by atoms with E-state index in [1.54, 1.807) is 14.0 Å². The van der Waals surface area contributed by atoms with Crippen LogP contribution < -0.4 is 15.4 Å². The number of carbonyl (C=O) groups excluding carboxylic acids is 1. The number of ether oxygens (including phenoxy) is 1. The van der Waals surface area contributed by atoms with Gasteiger partial charge in [-0.15, -0.1) is 0 Å². The average Bonchev–Trinajstić information content (AvgIpc) is 2.49. The maximum absolute atomic E-state index is 11.7. The summed E-state index contributed by atoms with van der Waals surface area (Å²) in [6.45, 7) is 6.71. The van der Waals surface area contributed by atoms with E-state index in [0.29, 0.717) is 18.8 Å². The second-order valence-electron chi connectivity index (χ2n) is 5.18. The Hall–Kier alpha value is -1.59. The van der Waals surface area contributed by atoms with Crippen LogP contribution in [0, 0.1) is 6.92 Å². The smallest absolute Gasteiger partial charge is 0.236 e. The van der Waals surface area contributed by atoms with E-state index in [9.17, 15) is 9.90 Å². The molecule has 0 aliphatic carbocycles. The number of hydrogen-bond acceptors (Lipinski definition) is 4. The van der Waals surface area contributed by atoms with Gasteiger partial charge in [-0.25, -0.2) is 0 Å². The normalized spacial score (nSPS) is 13.6. The van der Waals surface area contributed by atoms with E-state index >= 15 is 0 Å². The average molecular weight is 294 g/mol. The van der Waals surface area contributed by atoms with Crippen LogP contribution in [-0.2, 0) is 4.79 Å².